The highest BCUT2D eigenvalue weighted by atomic mass is 16.3. The average molecular weight is 183 g/mol. The van der Waals surface area contributed by atoms with Crippen molar-refractivity contribution in [3.05, 3.63) is 37.4 Å². The highest BCUT2D eigenvalue weighted by Gasteiger charge is 1.60. The number of aromatic nitrogens is 2. The lowest BCUT2D eigenvalue weighted by Crippen LogP contribution is -1.82. The van der Waals surface area contributed by atoms with Gasteiger partial charge in [-0.2, -0.15) is 0 Å². The predicted molar refractivity (Wildman–Crippen MR) is 43.3 cm³/mol. The second kappa shape index (κ2) is 9.89. The molecule has 0 aliphatic heterocycles. The summed E-state index contributed by atoms with van der Waals surface area (Å²) in [6, 6.07) is 3.67. The van der Waals surface area contributed by atoms with E-state index in [0.717, 1.165) is 0 Å². The van der Waals surface area contributed by atoms with Gasteiger partial charge in [-0.3, -0.25) is 4.79 Å². The normalized spacial score (nSPS) is 7.08. The molecule has 2 rings (SSSR count). The van der Waals surface area contributed by atoms with Crippen molar-refractivity contribution in [2.75, 3.05) is 0 Å². The van der Waals surface area contributed by atoms with Gasteiger partial charge in [-0.25, -0.2) is 0 Å². The van der Waals surface area contributed by atoms with Crippen LogP contribution in [-0.2, 0) is 4.79 Å². The van der Waals surface area contributed by atoms with Gasteiger partial charge < -0.3 is 14.6 Å². The van der Waals surface area contributed by atoms with E-state index in [0.29, 0.717) is 0 Å². The fraction of sp³-hybridized carbons (Fsp3) is 0. The van der Waals surface area contributed by atoms with Crippen molar-refractivity contribution < 1.29 is 13.6 Å². The zero-order valence-electron chi connectivity index (χ0n) is 6.74. The Labute approximate surface area is 74.4 Å². The van der Waals surface area contributed by atoms with Crippen LogP contribution in [0.5, 0.6) is 0 Å². The maximum atomic E-state index is 8.58. The van der Waals surface area contributed by atoms with E-state index < -0.39 is 0 Å². The molecule has 0 bridgehead atoms. The number of nitrogens with two attached hydrogens (primary N) is 1. The van der Waals surface area contributed by atoms with Gasteiger partial charge in [0.1, 0.15) is 0 Å². The topological polar surface area (TPSA) is 95.2 Å². The van der Waals surface area contributed by atoms with Crippen molar-refractivity contribution in [3.63, 3.8) is 0 Å². The second-order valence-corrected chi connectivity index (χ2v) is 1.51. The Bertz CT molecular complexity index is 194. The summed E-state index contributed by atoms with van der Waals surface area (Å²) in [5.74, 6) is 0. The molecule has 0 unspecified atom stereocenters. The minimum atomic E-state index is 0.250. The van der Waals surface area contributed by atoms with Crippen LogP contribution in [0.3, 0.4) is 0 Å². The third-order valence-corrected chi connectivity index (χ3v) is 0.708. The molecule has 0 aliphatic carbocycles. The van der Waals surface area contributed by atoms with Crippen LogP contribution in [0, 0.1) is 0 Å². The van der Waals surface area contributed by atoms with E-state index >= 15 is 0 Å². The molecular weight excluding hydrogens is 174 g/mol. The quantitative estimate of drug-likeness (QED) is 0.598. The molecule has 0 aliphatic rings. The standard InChI is InChI=1S/C4H4O.C2H2N2O.CH3NO/c1-2-4-5-3-1;1-3-4-2-5-1;2-1-3/h1-4H;1-2H;1H,(H2,2,3). The molecule has 0 saturated carbocycles. The van der Waals surface area contributed by atoms with E-state index in [2.05, 4.69) is 24.8 Å². The summed E-state index contributed by atoms with van der Waals surface area (Å²) in [7, 11) is 0. The second-order valence-electron chi connectivity index (χ2n) is 1.51. The molecule has 70 valence electrons. The first kappa shape index (κ1) is 10.9. The van der Waals surface area contributed by atoms with Crippen LogP contribution < -0.4 is 5.73 Å². The number of amides is 1. The summed E-state index contributed by atoms with van der Waals surface area (Å²) in [6.45, 7) is 0. The number of rotatable bonds is 0. The lowest BCUT2D eigenvalue weighted by molar-refractivity contribution is -0.106. The van der Waals surface area contributed by atoms with Gasteiger partial charge in [0.15, 0.2) is 0 Å². The summed E-state index contributed by atoms with van der Waals surface area (Å²) in [5.41, 5.74) is 4.17. The van der Waals surface area contributed by atoms with E-state index in [9.17, 15) is 0 Å². The molecule has 1 amide bonds. The van der Waals surface area contributed by atoms with Crippen molar-refractivity contribution >= 4 is 6.41 Å². The summed E-state index contributed by atoms with van der Waals surface area (Å²) in [4.78, 5) is 8.58. The summed E-state index contributed by atoms with van der Waals surface area (Å²) in [5, 5.41) is 6.61. The molecule has 6 nitrogen and oxygen atoms in total. The third kappa shape index (κ3) is 9.89. The minimum absolute atomic E-state index is 0.250. The van der Waals surface area contributed by atoms with Crippen LogP contribution in [0.2, 0.25) is 0 Å². The molecule has 0 atom stereocenters. The highest BCUT2D eigenvalue weighted by Crippen LogP contribution is 1.79. The molecule has 0 fully saturated rings. The largest absolute Gasteiger partial charge is 0.473 e. The Morgan fingerprint density at radius 3 is 1.69 bits per heavy atom. The number of hydrogen-bond acceptors (Lipinski definition) is 5. The van der Waals surface area contributed by atoms with Crippen LogP contribution in [-0.4, -0.2) is 16.6 Å². The fourth-order valence-corrected chi connectivity index (χ4v) is 0.363. The molecular formula is C7H9N3O3. The van der Waals surface area contributed by atoms with Crippen molar-refractivity contribution in [2.24, 2.45) is 5.73 Å². The molecule has 2 aromatic rings. The third-order valence-electron chi connectivity index (χ3n) is 0.708. The summed E-state index contributed by atoms with van der Waals surface area (Å²) < 4.78 is 8.94. The first-order valence-electron chi connectivity index (χ1n) is 3.23. The van der Waals surface area contributed by atoms with Gasteiger partial charge in [0.25, 0.3) is 0 Å². The Morgan fingerprint density at radius 1 is 1.08 bits per heavy atom. The number of carbonyl (C=O) groups is 1. The van der Waals surface area contributed by atoms with Crippen molar-refractivity contribution in [1.82, 2.24) is 10.2 Å². The maximum Gasteiger partial charge on any atom is 0.204 e. The van der Waals surface area contributed by atoms with Crippen LogP contribution in [0.15, 0.2) is 46.3 Å². The van der Waals surface area contributed by atoms with Crippen molar-refractivity contribution in [2.45, 2.75) is 0 Å². The van der Waals surface area contributed by atoms with E-state index in [1.54, 1.807) is 12.5 Å². The van der Waals surface area contributed by atoms with Crippen LogP contribution in [0.4, 0.5) is 0 Å². The lowest BCUT2D eigenvalue weighted by Gasteiger charge is -1.50. The smallest absolute Gasteiger partial charge is 0.204 e. The number of hydrogen-bond donors (Lipinski definition) is 1. The number of nitrogens with zero attached hydrogens (tertiary/aromatic N) is 2. The Kier molecular flexibility index (Phi) is 8.28. The van der Waals surface area contributed by atoms with Gasteiger partial charge >= 0.3 is 0 Å². The van der Waals surface area contributed by atoms with Crippen LogP contribution >= 0.6 is 0 Å². The van der Waals surface area contributed by atoms with Gasteiger partial charge in [0, 0.05) is 0 Å². The fourth-order valence-electron chi connectivity index (χ4n) is 0.363. The van der Waals surface area contributed by atoms with E-state index in [1.165, 1.54) is 12.8 Å². The Morgan fingerprint density at radius 2 is 1.54 bits per heavy atom. The predicted octanol–water partition coefficient (Wildman–Crippen LogP) is 0.451. The molecule has 0 saturated heterocycles. The summed E-state index contributed by atoms with van der Waals surface area (Å²) in [6.07, 6.45) is 6.03. The molecule has 0 radical (unpaired) electrons. The number of furan rings is 1. The zero-order chi connectivity index (χ0) is 9.78. The first-order valence-corrected chi connectivity index (χ1v) is 3.23. The summed E-state index contributed by atoms with van der Waals surface area (Å²) >= 11 is 0. The number of carbonyl (C=O) groups excluding carboxylic acids is 1. The molecule has 13 heavy (non-hydrogen) atoms. The van der Waals surface area contributed by atoms with Crippen LogP contribution in [0.1, 0.15) is 0 Å². The molecule has 0 spiro atoms. The van der Waals surface area contributed by atoms with Crippen molar-refractivity contribution in [1.29, 1.82) is 0 Å². The molecule has 2 heterocycles. The zero-order valence-corrected chi connectivity index (χ0v) is 6.74. The van der Waals surface area contributed by atoms with Gasteiger partial charge in [-0.15, -0.1) is 10.2 Å². The van der Waals surface area contributed by atoms with E-state index in [4.69, 9.17) is 4.79 Å². The number of primary amides is 1. The van der Waals surface area contributed by atoms with Crippen molar-refractivity contribution in [3.8, 4) is 0 Å². The molecule has 2 N–H and O–H groups in total. The minimum Gasteiger partial charge on any atom is -0.473 e. The van der Waals surface area contributed by atoms with Gasteiger partial charge in [-0.05, 0) is 12.1 Å². The first-order chi connectivity index (χ1) is 6.41. The van der Waals surface area contributed by atoms with Gasteiger partial charge in [0.2, 0.25) is 19.2 Å². The van der Waals surface area contributed by atoms with E-state index in [-0.39, 0.29) is 6.41 Å². The Hall–Kier alpha value is -2.11. The van der Waals surface area contributed by atoms with Gasteiger partial charge in [0.05, 0.1) is 12.5 Å². The SMILES string of the molecule is NC=O.c1ccoc1.c1nnco1. The van der Waals surface area contributed by atoms with Gasteiger partial charge in [-0.1, -0.05) is 0 Å². The van der Waals surface area contributed by atoms with Crippen LogP contribution in [0.25, 0.3) is 0 Å². The Balaban J connectivity index is 0.000000174. The molecule has 0 aromatic carbocycles. The highest BCUT2D eigenvalue weighted by molar-refractivity contribution is 5.42. The van der Waals surface area contributed by atoms with E-state index in [1.807, 2.05) is 12.1 Å². The average Bonchev–Trinajstić information content (AvgIpc) is 2.85. The lowest BCUT2D eigenvalue weighted by atomic mass is 10.7. The maximum absolute atomic E-state index is 8.58. The molecule has 2 aromatic heterocycles. The monoisotopic (exact) mass is 183 g/mol. The molecule has 6 heteroatoms.